The van der Waals surface area contributed by atoms with Gasteiger partial charge < -0.3 is 31.9 Å². The Labute approximate surface area is 168 Å². The van der Waals surface area contributed by atoms with E-state index in [-0.39, 0.29) is 17.4 Å². The number of rotatable bonds is 12. The minimum Gasteiger partial charge on any atom is -0.480 e. The lowest BCUT2D eigenvalue weighted by Crippen LogP contribution is -2.59. The van der Waals surface area contributed by atoms with Crippen LogP contribution in [0.5, 0.6) is 0 Å². The van der Waals surface area contributed by atoms with Crippen LogP contribution in [0.25, 0.3) is 0 Å². The van der Waals surface area contributed by atoms with Crippen molar-refractivity contribution >= 4 is 48.9 Å². The maximum absolute atomic E-state index is 12.6. The van der Waals surface area contributed by atoms with Gasteiger partial charge in [0.15, 0.2) is 0 Å². The largest absolute Gasteiger partial charge is 0.480 e. The number of hydrogen-bond acceptors (Lipinski definition) is 8. The fraction of sp³-hybridized carbons (Fsp3) is 0.733. The Bertz CT molecular complexity index is 536. The molecule has 0 rings (SSSR count). The van der Waals surface area contributed by atoms with Crippen molar-refractivity contribution in [1.82, 2.24) is 16.0 Å². The van der Waals surface area contributed by atoms with Gasteiger partial charge >= 0.3 is 5.97 Å². The number of aliphatic hydroxyl groups excluding tert-OH is 1. The van der Waals surface area contributed by atoms with Crippen LogP contribution in [0.3, 0.4) is 0 Å². The van der Waals surface area contributed by atoms with Crippen LogP contribution in [0.15, 0.2) is 0 Å². The Morgan fingerprint density at radius 2 is 1.52 bits per heavy atom. The van der Waals surface area contributed by atoms with Gasteiger partial charge in [-0.15, -0.1) is 0 Å². The molecule has 0 aromatic carbocycles. The molecule has 0 aliphatic heterocycles. The van der Waals surface area contributed by atoms with Crippen LogP contribution in [0.2, 0.25) is 0 Å². The van der Waals surface area contributed by atoms with Crippen molar-refractivity contribution in [2.45, 2.75) is 44.4 Å². The minimum atomic E-state index is -1.50. The van der Waals surface area contributed by atoms with Crippen LogP contribution in [0.4, 0.5) is 0 Å². The van der Waals surface area contributed by atoms with E-state index < -0.39 is 54.5 Å². The number of nitrogens with two attached hydrogens (primary N) is 1. The number of thiol groups is 2. The van der Waals surface area contributed by atoms with E-state index >= 15 is 0 Å². The lowest BCUT2D eigenvalue weighted by atomic mass is 9.97. The van der Waals surface area contributed by atoms with Crippen molar-refractivity contribution in [2.75, 3.05) is 18.1 Å². The maximum Gasteiger partial charge on any atom is 0.328 e. The van der Waals surface area contributed by atoms with Crippen LogP contribution < -0.4 is 21.7 Å². The molecule has 0 saturated carbocycles. The van der Waals surface area contributed by atoms with E-state index in [9.17, 15) is 19.2 Å². The molecule has 27 heavy (non-hydrogen) atoms. The molecule has 0 fully saturated rings. The van der Waals surface area contributed by atoms with Gasteiger partial charge in [0.25, 0.3) is 0 Å². The first-order chi connectivity index (χ1) is 12.6. The topological polar surface area (TPSA) is 171 Å². The minimum absolute atomic E-state index is 0.0973. The van der Waals surface area contributed by atoms with Crippen molar-refractivity contribution in [2.24, 2.45) is 11.7 Å². The van der Waals surface area contributed by atoms with E-state index in [0.29, 0.717) is 6.42 Å². The van der Waals surface area contributed by atoms with Gasteiger partial charge in [0.1, 0.15) is 18.1 Å². The van der Waals surface area contributed by atoms with Crippen molar-refractivity contribution in [3.63, 3.8) is 0 Å². The molecule has 12 heteroatoms. The number of carboxylic acids is 1. The molecule has 0 aliphatic carbocycles. The van der Waals surface area contributed by atoms with E-state index in [1.54, 1.807) is 6.92 Å². The van der Waals surface area contributed by atoms with E-state index in [2.05, 4.69) is 41.2 Å². The summed E-state index contributed by atoms with van der Waals surface area (Å²) in [5.41, 5.74) is 5.60. The Kier molecular flexibility index (Phi) is 12.1. The number of nitrogens with one attached hydrogen (secondary N) is 3. The van der Waals surface area contributed by atoms with Gasteiger partial charge in [0.2, 0.25) is 17.7 Å². The van der Waals surface area contributed by atoms with E-state index in [0.717, 1.165) is 0 Å². The van der Waals surface area contributed by atoms with Crippen LogP contribution >= 0.6 is 25.3 Å². The highest BCUT2D eigenvalue weighted by molar-refractivity contribution is 7.80. The quantitative estimate of drug-likeness (QED) is 0.164. The highest BCUT2D eigenvalue weighted by atomic mass is 32.1. The van der Waals surface area contributed by atoms with Gasteiger partial charge in [-0.3, -0.25) is 14.4 Å². The second-order valence-corrected chi connectivity index (χ2v) is 6.72. The highest BCUT2D eigenvalue weighted by Crippen LogP contribution is 2.09. The number of carbonyl (C=O) groups is 4. The van der Waals surface area contributed by atoms with E-state index in [4.69, 9.17) is 15.9 Å². The van der Waals surface area contributed by atoms with Crippen molar-refractivity contribution in [3.05, 3.63) is 0 Å². The van der Waals surface area contributed by atoms with Gasteiger partial charge in [-0.2, -0.15) is 25.3 Å². The first kappa shape index (κ1) is 25.5. The number of carbonyl (C=O) groups excluding carboxylic acids is 3. The molecule has 0 heterocycles. The van der Waals surface area contributed by atoms with Crippen molar-refractivity contribution < 1.29 is 29.4 Å². The zero-order valence-corrected chi connectivity index (χ0v) is 17.0. The van der Waals surface area contributed by atoms with Gasteiger partial charge in [-0.1, -0.05) is 20.3 Å². The lowest BCUT2D eigenvalue weighted by Gasteiger charge is -2.27. The summed E-state index contributed by atoms with van der Waals surface area (Å²) in [6.45, 7) is 2.78. The molecule has 0 bridgehead atoms. The Morgan fingerprint density at radius 1 is 0.963 bits per heavy atom. The summed E-state index contributed by atoms with van der Waals surface area (Å²) in [5, 5.41) is 24.9. The molecule has 0 aromatic rings. The SMILES string of the molecule is CCC(C)C(NC(=O)C(N)CS)C(=O)NC(CS)C(=O)NC(CO)C(=O)O. The number of aliphatic carboxylic acids is 1. The Morgan fingerprint density at radius 3 is 1.93 bits per heavy atom. The molecule has 0 saturated heterocycles. The fourth-order valence-electron chi connectivity index (χ4n) is 1.96. The smallest absolute Gasteiger partial charge is 0.328 e. The van der Waals surface area contributed by atoms with Crippen LogP contribution in [-0.2, 0) is 19.2 Å². The second-order valence-electron chi connectivity index (χ2n) is 5.99. The summed E-state index contributed by atoms with van der Waals surface area (Å²) in [7, 11) is 0. The van der Waals surface area contributed by atoms with E-state index in [1.807, 2.05) is 6.92 Å². The van der Waals surface area contributed by atoms with Crippen LogP contribution in [-0.4, -0.2) is 76.2 Å². The number of amides is 3. The van der Waals surface area contributed by atoms with E-state index in [1.165, 1.54) is 0 Å². The predicted octanol–water partition coefficient (Wildman–Crippen LogP) is -2.25. The summed E-state index contributed by atoms with van der Waals surface area (Å²) < 4.78 is 0. The summed E-state index contributed by atoms with van der Waals surface area (Å²) in [6.07, 6.45) is 0.567. The number of hydrogen-bond donors (Lipinski definition) is 8. The molecule has 5 unspecified atom stereocenters. The third-order valence-electron chi connectivity index (χ3n) is 3.94. The molecule has 5 atom stereocenters. The third kappa shape index (κ3) is 8.37. The molecule has 10 nitrogen and oxygen atoms in total. The van der Waals surface area contributed by atoms with Gasteiger partial charge in [-0.05, 0) is 5.92 Å². The van der Waals surface area contributed by atoms with Crippen LogP contribution in [0.1, 0.15) is 20.3 Å². The number of aliphatic hydroxyl groups is 1. The van der Waals surface area contributed by atoms with Crippen molar-refractivity contribution in [3.8, 4) is 0 Å². The van der Waals surface area contributed by atoms with Gasteiger partial charge in [0, 0.05) is 11.5 Å². The Hall–Kier alpha value is -1.50. The normalized spacial score (nSPS) is 16.4. The highest BCUT2D eigenvalue weighted by Gasteiger charge is 2.31. The molecule has 0 radical (unpaired) electrons. The fourth-order valence-corrected chi connectivity index (χ4v) is 2.38. The van der Waals surface area contributed by atoms with Gasteiger partial charge in [-0.25, -0.2) is 4.79 Å². The zero-order chi connectivity index (χ0) is 21.1. The summed E-state index contributed by atoms with van der Waals surface area (Å²) >= 11 is 7.93. The van der Waals surface area contributed by atoms with Crippen LogP contribution in [0, 0.1) is 5.92 Å². The molecule has 0 aromatic heterocycles. The second kappa shape index (κ2) is 12.8. The molecule has 156 valence electrons. The zero-order valence-electron chi connectivity index (χ0n) is 15.2. The summed E-state index contributed by atoms with van der Waals surface area (Å²) in [4.78, 5) is 47.7. The third-order valence-corrected chi connectivity index (χ3v) is 4.70. The Balaban J connectivity index is 5.17. The first-order valence-corrected chi connectivity index (χ1v) is 9.61. The molecule has 0 aliphatic rings. The first-order valence-electron chi connectivity index (χ1n) is 8.34. The molecule has 3 amide bonds. The molecular formula is C15H28N4O6S2. The number of carboxylic acid groups (broad SMARTS) is 1. The maximum atomic E-state index is 12.6. The molecular weight excluding hydrogens is 396 g/mol. The standard InChI is InChI=1S/C15H28N4O6S2/c1-3-7(2)11(19-12(21)8(16)5-26)14(23)18-10(6-27)13(22)17-9(4-20)15(24)25/h7-11,20,26-27H,3-6,16H2,1-2H3,(H,17,22)(H,18,23)(H,19,21)(H,24,25). The molecule has 0 spiro atoms. The predicted molar refractivity (Wildman–Crippen MR) is 106 cm³/mol. The van der Waals surface area contributed by atoms with Crippen molar-refractivity contribution in [1.29, 1.82) is 0 Å². The lowest BCUT2D eigenvalue weighted by molar-refractivity contribution is -0.143. The molecule has 7 N–H and O–H groups in total. The average Bonchev–Trinajstić information content (AvgIpc) is 2.65. The average molecular weight is 425 g/mol. The summed E-state index contributed by atoms with van der Waals surface area (Å²) in [5.74, 6) is -3.69. The van der Waals surface area contributed by atoms with Gasteiger partial charge in [0.05, 0.1) is 12.6 Å². The monoisotopic (exact) mass is 424 g/mol. The summed E-state index contributed by atoms with van der Waals surface area (Å²) in [6, 6.07) is -4.50.